The number of aromatic nitrogens is 2. The highest BCUT2D eigenvalue weighted by molar-refractivity contribution is 5.65. The van der Waals surface area contributed by atoms with E-state index in [1.54, 1.807) is 14.2 Å². The van der Waals surface area contributed by atoms with Gasteiger partial charge >= 0.3 is 0 Å². The Kier molecular flexibility index (Phi) is 3.63. The number of nitrogens with one attached hydrogen (secondary N) is 1. The van der Waals surface area contributed by atoms with Gasteiger partial charge in [-0.1, -0.05) is 0 Å². The molecule has 2 rings (SSSR count). The second kappa shape index (κ2) is 5.18. The third-order valence-electron chi connectivity index (χ3n) is 2.83. The first-order valence-corrected chi connectivity index (χ1v) is 5.76. The van der Waals surface area contributed by atoms with Crippen LogP contribution in [0.5, 0.6) is 5.75 Å². The maximum atomic E-state index is 9.12. The minimum atomic E-state index is 0.110. The molecule has 17 heavy (non-hydrogen) atoms. The Morgan fingerprint density at radius 2 is 2.29 bits per heavy atom. The Bertz CT molecular complexity index is 382. The largest absolute Gasteiger partial charge is 0.490 e. The molecule has 1 aliphatic carbocycles. The summed E-state index contributed by atoms with van der Waals surface area (Å²) >= 11 is 0. The molecule has 1 aromatic rings. The van der Waals surface area contributed by atoms with Crippen molar-refractivity contribution in [1.29, 1.82) is 0 Å². The normalized spacial score (nSPS) is 14.5. The molecule has 0 amide bonds. The van der Waals surface area contributed by atoms with Gasteiger partial charge in [0.25, 0.3) is 0 Å². The minimum Gasteiger partial charge on any atom is -0.490 e. The van der Waals surface area contributed by atoms with Crippen molar-refractivity contribution in [3.63, 3.8) is 0 Å². The van der Waals surface area contributed by atoms with Crippen molar-refractivity contribution in [3.8, 4) is 5.75 Å². The third kappa shape index (κ3) is 2.41. The first kappa shape index (κ1) is 11.9. The van der Waals surface area contributed by atoms with Crippen molar-refractivity contribution in [2.45, 2.75) is 18.9 Å². The number of methoxy groups -OCH3 is 1. The summed E-state index contributed by atoms with van der Waals surface area (Å²) in [5, 5.41) is 12.1. The van der Waals surface area contributed by atoms with Crippen molar-refractivity contribution in [1.82, 2.24) is 9.97 Å². The average Bonchev–Trinajstić information content (AvgIpc) is 3.19. The summed E-state index contributed by atoms with van der Waals surface area (Å²) in [6.07, 6.45) is 3.79. The van der Waals surface area contributed by atoms with Gasteiger partial charge in [0.1, 0.15) is 6.33 Å². The van der Waals surface area contributed by atoms with Crippen LogP contribution in [-0.4, -0.2) is 48.4 Å². The van der Waals surface area contributed by atoms with Gasteiger partial charge in [0.2, 0.25) is 5.75 Å². The number of aliphatic hydroxyl groups is 1. The standard InChI is InChI=1S/C11H18N4O2/c1-12-10-9(17-2)11(14-7-13-10)15(5-6-16)8-3-4-8/h7-8,16H,3-6H2,1-2H3,(H,12,13,14). The monoisotopic (exact) mass is 238 g/mol. The molecule has 6 heteroatoms. The van der Waals surface area contributed by atoms with Gasteiger partial charge in [0.05, 0.1) is 13.7 Å². The van der Waals surface area contributed by atoms with Crippen molar-refractivity contribution in [2.24, 2.45) is 0 Å². The first-order chi connectivity index (χ1) is 8.31. The lowest BCUT2D eigenvalue weighted by atomic mass is 10.4. The predicted molar refractivity (Wildman–Crippen MR) is 65.6 cm³/mol. The van der Waals surface area contributed by atoms with Gasteiger partial charge in [-0.3, -0.25) is 0 Å². The number of anilines is 2. The van der Waals surface area contributed by atoms with Gasteiger partial charge in [-0.2, -0.15) is 0 Å². The van der Waals surface area contributed by atoms with Crippen LogP contribution in [0.4, 0.5) is 11.6 Å². The van der Waals surface area contributed by atoms with Crippen LogP contribution in [0.15, 0.2) is 6.33 Å². The van der Waals surface area contributed by atoms with Gasteiger partial charge in [-0.05, 0) is 12.8 Å². The lowest BCUT2D eigenvalue weighted by Crippen LogP contribution is -2.30. The molecule has 0 unspecified atom stereocenters. The lowest BCUT2D eigenvalue weighted by Gasteiger charge is -2.24. The van der Waals surface area contributed by atoms with Crippen LogP contribution in [0.25, 0.3) is 0 Å². The molecule has 0 aliphatic heterocycles. The molecule has 0 spiro atoms. The van der Waals surface area contributed by atoms with Gasteiger partial charge in [-0.25, -0.2) is 9.97 Å². The summed E-state index contributed by atoms with van der Waals surface area (Å²) in [5.74, 6) is 2.06. The maximum Gasteiger partial charge on any atom is 0.204 e. The second-order valence-corrected chi connectivity index (χ2v) is 3.98. The van der Waals surface area contributed by atoms with Gasteiger partial charge in [0, 0.05) is 19.6 Å². The van der Waals surface area contributed by atoms with Crippen LogP contribution in [0, 0.1) is 0 Å². The highest BCUT2D eigenvalue weighted by Gasteiger charge is 2.32. The molecule has 0 bridgehead atoms. The first-order valence-electron chi connectivity index (χ1n) is 5.76. The summed E-state index contributed by atoms with van der Waals surface area (Å²) in [5.41, 5.74) is 0. The Morgan fingerprint density at radius 3 is 2.82 bits per heavy atom. The van der Waals surface area contributed by atoms with Gasteiger partial charge in [-0.15, -0.1) is 0 Å². The SMILES string of the molecule is CNc1ncnc(N(CCO)C2CC2)c1OC. The molecule has 0 aromatic carbocycles. The van der Waals surface area contributed by atoms with Crippen LogP contribution in [0.2, 0.25) is 0 Å². The Labute approximate surface area is 101 Å². The fourth-order valence-corrected chi connectivity index (χ4v) is 1.89. The molecule has 0 saturated heterocycles. The molecule has 2 N–H and O–H groups in total. The van der Waals surface area contributed by atoms with E-state index in [9.17, 15) is 0 Å². The van der Waals surface area contributed by atoms with E-state index in [-0.39, 0.29) is 6.61 Å². The minimum absolute atomic E-state index is 0.110. The highest BCUT2D eigenvalue weighted by atomic mass is 16.5. The van der Waals surface area contributed by atoms with E-state index < -0.39 is 0 Å². The summed E-state index contributed by atoms with van der Waals surface area (Å²) in [4.78, 5) is 10.5. The number of hydrogen-bond donors (Lipinski definition) is 2. The van der Waals surface area contributed by atoms with Crippen LogP contribution < -0.4 is 15.0 Å². The zero-order chi connectivity index (χ0) is 12.3. The van der Waals surface area contributed by atoms with Crippen LogP contribution in [-0.2, 0) is 0 Å². The van der Waals surface area contributed by atoms with Gasteiger partial charge in [0.15, 0.2) is 11.6 Å². The molecule has 1 aliphatic rings. The Hall–Kier alpha value is -1.56. The molecule has 1 heterocycles. The number of hydrogen-bond acceptors (Lipinski definition) is 6. The molecule has 0 atom stereocenters. The van der Waals surface area contributed by atoms with E-state index in [0.29, 0.717) is 24.2 Å². The predicted octanol–water partition coefficient (Wildman–Crippen LogP) is 0.488. The number of nitrogens with zero attached hydrogens (tertiary/aromatic N) is 3. The Morgan fingerprint density at radius 1 is 1.53 bits per heavy atom. The lowest BCUT2D eigenvalue weighted by molar-refractivity contribution is 0.300. The summed E-state index contributed by atoms with van der Waals surface area (Å²) < 4.78 is 5.36. The smallest absolute Gasteiger partial charge is 0.204 e. The van der Waals surface area contributed by atoms with Crippen molar-refractivity contribution >= 4 is 11.6 Å². The molecule has 1 aromatic heterocycles. The molecular weight excluding hydrogens is 220 g/mol. The Balaban J connectivity index is 2.34. The molecular formula is C11H18N4O2. The van der Waals surface area contributed by atoms with E-state index in [2.05, 4.69) is 20.2 Å². The van der Waals surface area contributed by atoms with E-state index in [4.69, 9.17) is 9.84 Å². The molecule has 94 valence electrons. The molecule has 0 radical (unpaired) electrons. The molecule has 1 saturated carbocycles. The van der Waals surface area contributed by atoms with E-state index in [1.165, 1.54) is 6.33 Å². The maximum absolute atomic E-state index is 9.12. The number of ether oxygens (including phenoxy) is 1. The highest BCUT2D eigenvalue weighted by Crippen LogP contribution is 2.37. The van der Waals surface area contributed by atoms with Crippen molar-refractivity contribution in [2.75, 3.05) is 37.5 Å². The van der Waals surface area contributed by atoms with E-state index in [0.717, 1.165) is 18.7 Å². The van der Waals surface area contributed by atoms with Crippen LogP contribution in [0.3, 0.4) is 0 Å². The summed E-state index contributed by atoms with van der Waals surface area (Å²) in [6.45, 7) is 0.680. The van der Waals surface area contributed by atoms with Crippen molar-refractivity contribution < 1.29 is 9.84 Å². The average molecular weight is 238 g/mol. The zero-order valence-corrected chi connectivity index (χ0v) is 10.2. The van der Waals surface area contributed by atoms with E-state index in [1.807, 2.05) is 0 Å². The zero-order valence-electron chi connectivity index (χ0n) is 10.2. The van der Waals surface area contributed by atoms with Crippen LogP contribution in [0.1, 0.15) is 12.8 Å². The summed E-state index contributed by atoms with van der Waals surface area (Å²) in [6, 6.07) is 0.468. The molecule has 1 fully saturated rings. The summed E-state index contributed by atoms with van der Waals surface area (Å²) in [7, 11) is 3.40. The molecule has 6 nitrogen and oxygen atoms in total. The van der Waals surface area contributed by atoms with Crippen LogP contribution >= 0.6 is 0 Å². The number of aliphatic hydroxyl groups excluding tert-OH is 1. The third-order valence-corrected chi connectivity index (χ3v) is 2.83. The van der Waals surface area contributed by atoms with Gasteiger partial charge < -0.3 is 20.1 Å². The fraction of sp³-hybridized carbons (Fsp3) is 0.636. The second-order valence-electron chi connectivity index (χ2n) is 3.98. The number of rotatable bonds is 6. The quantitative estimate of drug-likeness (QED) is 0.751. The van der Waals surface area contributed by atoms with E-state index >= 15 is 0 Å². The topological polar surface area (TPSA) is 70.5 Å². The van der Waals surface area contributed by atoms with Crippen molar-refractivity contribution in [3.05, 3.63) is 6.33 Å². The fourth-order valence-electron chi connectivity index (χ4n) is 1.89.